The smallest absolute Gasteiger partial charge is 0.388 e. The third-order valence-electron chi connectivity index (χ3n) is 4.25. The Kier molecular flexibility index (Phi) is 6.87. The summed E-state index contributed by atoms with van der Waals surface area (Å²) in [6.45, 7) is 1.44. The third kappa shape index (κ3) is 6.49. The third-order valence-corrected chi connectivity index (χ3v) is 4.25. The molecule has 2 rings (SSSR count). The molecule has 1 saturated heterocycles. The van der Waals surface area contributed by atoms with E-state index in [9.17, 15) is 18.3 Å². The zero-order chi connectivity index (χ0) is 16.7. The number of aliphatic hydroxyl groups is 1. The molecule has 130 valence electrons. The molecule has 1 aromatic rings. The maximum atomic E-state index is 11.9. The van der Waals surface area contributed by atoms with Crippen molar-refractivity contribution in [2.45, 2.75) is 31.5 Å². The SMILES string of the molecule is OC(c1ccccc1)C1CCN(CCCOCC(F)(F)F)CC1. The summed E-state index contributed by atoms with van der Waals surface area (Å²) in [4.78, 5) is 2.23. The fourth-order valence-electron chi connectivity index (χ4n) is 2.99. The van der Waals surface area contributed by atoms with E-state index in [0.29, 0.717) is 6.42 Å². The summed E-state index contributed by atoms with van der Waals surface area (Å²) in [6, 6.07) is 9.66. The molecular weight excluding hydrogens is 307 g/mol. The largest absolute Gasteiger partial charge is 0.411 e. The Hall–Kier alpha value is -1.11. The molecule has 1 atom stereocenters. The van der Waals surface area contributed by atoms with Gasteiger partial charge in [-0.05, 0) is 43.8 Å². The minimum Gasteiger partial charge on any atom is -0.388 e. The number of piperidine rings is 1. The maximum Gasteiger partial charge on any atom is 0.411 e. The van der Waals surface area contributed by atoms with Crippen molar-refractivity contribution in [1.82, 2.24) is 4.90 Å². The van der Waals surface area contributed by atoms with Crippen molar-refractivity contribution in [3.8, 4) is 0 Å². The molecule has 1 unspecified atom stereocenters. The van der Waals surface area contributed by atoms with Crippen LogP contribution in [0.2, 0.25) is 0 Å². The van der Waals surface area contributed by atoms with E-state index in [1.54, 1.807) is 0 Å². The van der Waals surface area contributed by atoms with E-state index in [1.165, 1.54) is 0 Å². The summed E-state index contributed by atoms with van der Waals surface area (Å²) in [5.74, 6) is 0.245. The number of nitrogens with zero attached hydrogens (tertiary/aromatic N) is 1. The van der Waals surface area contributed by atoms with E-state index in [-0.39, 0.29) is 12.5 Å². The Balaban J connectivity index is 1.62. The van der Waals surface area contributed by atoms with Gasteiger partial charge in [-0.3, -0.25) is 0 Å². The van der Waals surface area contributed by atoms with Gasteiger partial charge in [0.15, 0.2) is 0 Å². The number of ether oxygens (including phenoxy) is 1. The quantitative estimate of drug-likeness (QED) is 0.777. The average Bonchev–Trinajstić information content (AvgIpc) is 2.54. The van der Waals surface area contributed by atoms with Gasteiger partial charge in [-0.2, -0.15) is 13.2 Å². The summed E-state index contributed by atoms with van der Waals surface area (Å²) in [5.41, 5.74) is 0.950. The van der Waals surface area contributed by atoms with Crippen molar-refractivity contribution in [2.75, 3.05) is 32.8 Å². The molecule has 0 saturated carbocycles. The van der Waals surface area contributed by atoms with Crippen LogP contribution in [-0.2, 0) is 4.74 Å². The number of alkyl halides is 3. The maximum absolute atomic E-state index is 11.9. The fourth-order valence-corrected chi connectivity index (χ4v) is 2.99. The van der Waals surface area contributed by atoms with Crippen molar-refractivity contribution in [3.63, 3.8) is 0 Å². The standard InChI is InChI=1S/C17H24F3NO2/c18-17(19,20)13-23-12-4-9-21-10-7-15(8-11-21)16(22)14-5-2-1-3-6-14/h1-3,5-6,15-16,22H,4,7-13H2. The molecular formula is C17H24F3NO2. The van der Waals surface area contributed by atoms with Gasteiger partial charge in [0, 0.05) is 13.2 Å². The van der Waals surface area contributed by atoms with Crippen LogP contribution in [0.4, 0.5) is 13.2 Å². The molecule has 0 amide bonds. The van der Waals surface area contributed by atoms with Gasteiger partial charge in [-0.1, -0.05) is 30.3 Å². The highest BCUT2D eigenvalue weighted by molar-refractivity contribution is 5.18. The first-order valence-corrected chi connectivity index (χ1v) is 8.05. The van der Waals surface area contributed by atoms with Crippen molar-refractivity contribution < 1.29 is 23.0 Å². The Bertz CT molecular complexity index is 445. The molecule has 1 fully saturated rings. The lowest BCUT2D eigenvalue weighted by molar-refractivity contribution is -0.174. The molecule has 1 aromatic carbocycles. The van der Waals surface area contributed by atoms with Gasteiger partial charge in [0.1, 0.15) is 6.61 Å². The van der Waals surface area contributed by atoms with Crippen LogP contribution < -0.4 is 0 Å². The monoisotopic (exact) mass is 331 g/mol. The second-order valence-corrected chi connectivity index (χ2v) is 6.06. The minimum atomic E-state index is -4.24. The molecule has 1 N–H and O–H groups in total. The molecule has 6 heteroatoms. The summed E-state index contributed by atoms with van der Waals surface area (Å²) < 4.78 is 40.4. The van der Waals surface area contributed by atoms with Crippen LogP contribution in [0.1, 0.15) is 30.9 Å². The van der Waals surface area contributed by atoms with Crippen LogP contribution in [0.25, 0.3) is 0 Å². The molecule has 0 spiro atoms. The molecule has 1 aliphatic heterocycles. The number of hydrogen-bond acceptors (Lipinski definition) is 3. The molecule has 23 heavy (non-hydrogen) atoms. The van der Waals surface area contributed by atoms with E-state index in [4.69, 9.17) is 0 Å². The fraction of sp³-hybridized carbons (Fsp3) is 0.647. The number of likely N-dealkylation sites (tertiary alicyclic amines) is 1. The Morgan fingerprint density at radius 2 is 1.83 bits per heavy atom. The van der Waals surface area contributed by atoms with Gasteiger partial charge in [0.2, 0.25) is 0 Å². The second-order valence-electron chi connectivity index (χ2n) is 6.06. The van der Waals surface area contributed by atoms with Crippen molar-refractivity contribution in [2.24, 2.45) is 5.92 Å². The van der Waals surface area contributed by atoms with E-state index in [1.807, 2.05) is 30.3 Å². The van der Waals surface area contributed by atoms with Crippen molar-refractivity contribution in [3.05, 3.63) is 35.9 Å². The summed E-state index contributed by atoms with van der Waals surface area (Å²) >= 11 is 0. The predicted octanol–water partition coefficient (Wildman–Crippen LogP) is 3.40. The Morgan fingerprint density at radius 1 is 1.17 bits per heavy atom. The first-order chi connectivity index (χ1) is 11.0. The first-order valence-electron chi connectivity index (χ1n) is 8.05. The highest BCUT2D eigenvalue weighted by atomic mass is 19.4. The number of aliphatic hydroxyl groups excluding tert-OH is 1. The van der Waals surface area contributed by atoms with Crippen LogP contribution >= 0.6 is 0 Å². The summed E-state index contributed by atoms with van der Waals surface area (Å²) in [5, 5.41) is 10.4. The highest BCUT2D eigenvalue weighted by Crippen LogP contribution is 2.30. The number of halogens is 3. The second kappa shape index (κ2) is 8.66. The van der Waals surface area contributed by atoms with Gasteiger partial charge < -0.3 is 14.7 Å². The van der Waals surface area contributed by atoms with Crippen molar-refractivity contribution in [1.29, 1.82) is 0 Å². The molecule has 0 bridgehead atoms. The van der Waals surface area contributed by atoms with Crippen LogP contribution in [0.5, 0.6) is 0 Å². The van der Waals surface area contributed by atoms with Crippen LogP contribution in [0, 0.1) is 5.92 Å². The summed E-state index contributed by atoms with van der Waals surface area (Å²) in [7, 11) is 0. The van der Waals surface area contributed by atoms with Gasteiger partial charge in [-0.25, -0.2) is 0 Å². The van der Waals surface area contributed by atoms with E-state index < -0.39 is 18.9 Å². The van der Waals surface area contributed by atoms with Gasteiger partial charge in [0.25, 0.3) is 0 Å². The minimum absolute atomic E-state index is 0.131. The Morgan fingerprint density at radius 3 is 2.43 bits per heavy atom. The van der Waals surface area contributed by atoms with Crippen molar-refractivity contribution >= 4 is 0 Å². The van der Waals surface area contributed by atoms with Gasteiger partial charge in [-0.15, -0.1) is 0 Å². The first kappa shape index (κ1) is 18.2. The molecule has 0 radical (unpaired) electrons. The summed E-state index contributed by atoms with van der Waals surface area (Å²) in [6.07, 6.45) is -2.28. The average molecular weight is 331 g/mol. The van der Waals surface area contributed by atoms with Gasteiger partial charge in [0.05, 0.1) is 6.10 Å². The molecule has 1 heterocycles. The molecule has 0 aromatic heterocycles. The van der Waals surface area contributed by atoms with E-state index in [0.717, 1.165) is 38.0 Å². The van der Waals surface area contributed by atoms with Crippen LogP contribution in [-0.4, -0.2) is 49.0 Å². The number of hydrogen-bond donors (Lipinski definition) is 1. The van der Waals surface area contributed by atoms with E-state index >= 15 is 0 Å². The zero-order valence-corrected chi connectivity index (χ0v) is 13.1. The predicted molar refractivity (Wildman–Crippen MR) is 82.1 cm³/mol. The van der Waals surface area contributed by atoms with Gasteiger partial charge >= 0.3 is 6.18 Å². The highest BCUT2D eigenvalue weighted by Gasteiger charge is 2.28. The number of rotatable bonds is 7. The number of benzene rings is 1. The lowest BCUT2D eigenvalue weighted by atomic mass is 9.87. The zero-order valence-electron chi connectivity index (χ0n) is 13.1. The van der Waals surface area contributed by atoms with E-state index in [2.05, 4.69) is 9.64 Å². The topological polar surface area (TPSA) is 32.7 Å². The lowest BCUT2D eigenvalue weighted by Gasteiger charge is -2.34. The molecule has 3 nitrogen and oxygen atoms in total. The molecule has 1 aliphatic rings. The van der Waals surface area contributed by atoms with Crippen LogP contribution in [0.3, 0.4) is 0 Å². The van der Waals surface area contributed by atoms with Crippen LogP contribution in [0.15, 0.2) is 30.3 Å². The lowest BCUT2D eigenvalue weighted by Crippen LogP contribution is -2.36. The Labute approximate surface area is 135 Å². The normalized spacial score (nSPS) is 19.0. The molecule has 0 aliphatic carbocycles.